The zero-order valence-electron chi connectivity index (χ0n) is 12.0. The van der Waals surface area contributed by atoms with E-state index >= 15 is 0 Å². The summed E-state index contributed by atoms with van der Waals surface area (Å²) in [4.78, 5) is 32.4. The minimum absolute atomic E-state index is 0.144. The number of H-pyrrole nitrogens is 2. The Morgan fingerprint density at radius 1 is 1.39 bits per heavy atom. The number of aromatic nitrogens is 3. The van der Waals surface area contributed by atoms with Gasteiger partial charge in [0.05, 0.1) is 12.1 Å². The summed E-state index contributed by atoms with van der Waals surface area (Å²) in [7, 11) is 0. The molecular formula is C15H15N5O3. The van der Waals surface area contributed by atoms with Gasteiger partial charge in [-0.1, -0.05) is 18.2 Å². The largest absolute Gasteiger partial charge is 0.493 e. The maximum absolute atomic E-state index is 12.1. The number of nitrogens with one attached hydrogen (secondary N) is 3. The van der Waals surface area contributed by atoms with Gasteiger partial charge in [0.15, 0.2) is 0 Å². The van der Waals surface area contributed by atoms with Crippen molar-refractivity contribution in [3.05, 3.63) is 52.4 Å². The molecule has 1 amide bonds. The fraction of sp³-hybridized carbons (Fsp3) is 0.133. The number of carbonyl (C=O) groups excluding carboxylic acids is 1. The molecule has 0 fully saturated rings. The van der Waals surface area contributed by atoms with Crippen LogP contribution in [0.15, 0.2) is 41.3 Å². The van der Waals surface area contributed by atoms with Crippen molar-refractivity contribution in [1.82, 2.24) is 15.0 Å². The Labute approximate surface area is 130 Å². The van der Waals surface area contributed by atoms with Gasteiger partial charge in [-0.2, -0.15) is 4.98 Å². The molecular weight excluding hydrogens is 298 g/mol. The molecule has 2 aromatic heterocycles. The van der Waals surface area contributed by atoms with E-state index in [0.717, 1.165) is 22.5 Å². The number of para-hydroxylation sites is 1. The fourth-order valence-electron chi connectivity index (χ4n) is 2.34. The standard InChI is InChI=1S/C15H15N5O3/c16-10(5-8-7-17-11-4-2-1-3-9(8)11)14(23)20-15-18-12(21)6-13(22)19-15/h1-4,6-7,10,17H,5,16H2,(H3,18,19,20,21,22,23)/t10-/m0/s1. The Bertz CT molecular complexity index is 915. The van der Waals surface area contributed by atoms with Crippen LogP contribution < -0.4 is 16.6 Å². The first-order valence-corrected chi connectivity index (χ1v) is 6.94. The van der Waals surface area contributed by atoms with E-state index in [4.69, 9.17) is 5.73 Å². The Kier molecular flexibility index (Phi) is 3.82. The minimum atomic E-state index is -0.832. The zero-order chi connectivity index (χ0) is 16.4. The van der Waals surface area contributed by atoms with Crippen molar-refractivity contribution < 1.29 is 9.90 Å². The van der Waals surface area contributed by atoms with Gasteiger partial charge in [-0.15, -0.1) is 0 Å². The first-order chi connectivity index (χ1) is 11.0. The molecule has 0 aliphatic carbocycles. The highest BCUT2D eigenvalue weighted by Crippen LogP contribution is 2.19. The van der Waals surface area contributed by atoms with Crippen LogP contribution in [0.4, 0.5) is 5.95 Å². The molecule has 3 aromatic rings. The van der Waals surface area contributed by atoms with Crippen molar-refractivity contribution in [2.24, 2.45) is 5.73 Å². The maximum atomic E-state index is 12.1. The molecule has 6 N–H and O–H groups in total. The third-order valence-electron chi connectivity index (χ3n) is 3.42. The third-order valence-corrected chi connectivity index (χ3v) is 3.42. The summed E-state index contributed by atoms with van der Waals surface area (Å²) < 4.78 is 0. The van der Waals surface area contributed by atoms with Gasteiger partial charge >= 0.3 is 0 Å². The van der Waals surface area contributed by atoms with Gasteiger partial charge in [0.25, 0.3) is 5.56 Å². The Hall–Kier alpha value is -3.13. The summed E-state index contributed by atoms with van der Waals surface area (Å²) in [5.74, 6) is -1.13. The number of nitrogens with zero attached hydrogens (tertiary/aromatic N) is 1. The van der Waals surface area contributed by atoms with Crippen molar-refractivity contribution in [3.63, 3.8) is 0 Å². The molecule has 0 saturated heterocycles. The van der Waals surface area contributed by atoms with Gasteiger partial charge in [-0.3, -0.25) is 19.9 Å². The molecule has 2 heterocycles. The van der Waals surface area contributed by atoms with Gasteiger partial charge in [0.1, 0.15) is 0 Å². The van der Waals surface area contributed by atoms with E-state index < -0.39 is 23.4 Å². The molecule has 3 rings (SSSR count). The monoisotopic (exact) mass is 313 g/mol. The summed E-state index contributed by atoms with van der Waals surface area (Å²) in [5, 5.41) is 12.6. The normalized spacial score (nSPS) is 12.2. The van der Waals surface area contributed by atoms with Crippen LogP contribution in [-0.4, -0.2) is 32.0 Å². The number of aromatic hydroxyl groups is 1. The fourth-order valence-corrected chi connectivity index (χ4v) is 2.34. The van der Waals surface area contributed by atoms with E-state index in [-0.39, 0.29) is 5.95 Å². The molecule has 8 nitrogen and oxygen atoms in total. The number of rotatable bonds is 4. The molecule has 0 spiro atoms. The molecule has 1 atom stereocenters. The van der Waals surface area contributed by atoms with Crippen LogP contribution in [0.3, 0.4) is 0 Å². The van der Waals surface area contributed by atoms with Gasteiger partial charge in [0, 0.05) is 17.1 Å². The molecule has 23 heavy (non-hydrogen) atoms. The molecule has 1 aromatic carbocycles. The third kappa shape index (κ3) is 3.22. The van der Waals surface area contributed by atoms with Crippen LogP contribution in [0, 0.1) is 0 Å². The second-order valence-corrected chi connectivity index (χ2v) is 5.11. The molecule has 0 bridgehead atoms. The number of amides is 1. The van der Waals surface area contributed by atoms with Crippen LogP contribution in [0.5, 0.6) is 5.88 Å². The summed E-state index contributed by atoms with van der Waals surface area (Å²) in [6.07, 6.45) is 2.13. The molecule has 0 aliphatic heterocycles. The van der Waals surface area contributed by atoms with Crippen LogP contribution >= 0.6 is 0 Å². The number of anilines is 1. The lowest BCUT2D eigenvalue weighted by Gasteiger charge is -2.11. The predicted molar refractivity (Wildman–Crippen MR) is 85.1 cm³/mol. The molecule has 0 unspecified atom stereocenters. The minimum Gasteiger partial charge on any atom is -0.493 e. The lowest BCUT2D eigenvalue weighted by molar-refractivity contribution is -0.117. The second-order valence-electron chi connectivity index (χ2n) is 5.11. The highest BCUT2D eigenvalue weighted by Gasteiger charge is 2.17. The molecule has 8 heteroatoms. The Balaban J connectivity index is 1.73. The summed E-state index contributed by atoms with van der Waals surface area (Å²) in [5.41, 5.74) is 7.23. The smallest absolute Gasteiger partial charge is 0.256 e. The van der Waals surface area contributed by atoms with Crippen LogP contribution in [-0.2, 0) is 11.2 Å². The number of hydrogen-bond donors (Lipinski definition) is 5. The van der Waals surface area contributed by atoms with Gasteiger partial charge in [-0.25, -0.2) is 0 Å². The number of hydrogen-bond acceptors (Lipinski definition) is 5. The second kappa shape index (κ2) is 5.93. The Morgan fingerprint density at radius 2 is 2.17 bits per heavy atom. The predicted octanol–water partition coefficient (Wildman–Crippen LogP) is 0.465. The lowest BCUT2D eigenvalue weighted by atomic mass is 10.1. The van der Waals surface area contributed by atoms with E-state index in [2.05, 4.69) is 20.3 Å². The van der Waals surface area contributed by atoms with E-state index in [9.17, 15) is 14.7 Å². The summed E-state index contributed by atoms with van der Waals surface area (Å²) in [6.45, 7) is 0. The van der Waals surface area contributed by atoms with Gasteiger partial charge < -0.3 is 15.8 Å². The average molecular weight is 313 g/mol. The van der Waals surface area contributed by atoms with E-state index in [1.807, 2.05) is 30.5 Å². The molecule has 0 aliphatic rings. The van der Waals surface area contributed by atoms with Gasteiger partial charge in [-0.05, 0) is 18.1 Å². The van der Waals surface area contributed by atoms with E-state index in [1.165, 1.54) is 0 Å². The van der Waals surface area contributed by atoms with Crippen LogP contribution in [0.25, 0.3) is 10.9 Å². The van der Waals surface area contributed by atoms with Crippen LogP contribution in [0.2, 0.25) is 0 Å². The van der Waals surface area contributed by atoms with E-state index in [0.29, 0.717) is 6.42 Å². The first kappa shape index (κ1) is 14.8. The lowest BCUT2D eigenvalue weighted by Crippen LogP contribution is -2.38. The number of nitrogens with two attached hydrogens (primary N) is 1. The number of fused-ring (bicyclic) bond motifs is 1. The Morgan fingerprint density at radius 3 is 2.96 bits per heavy atom. The average Bonchev–Trinajstić information content (AvgIpc) is 2.89. The number of benzene rings is 1. The molecule has 118 valence electrons. The zero-order valence-corrected chi connectivity index (χ0v) is 12.0. The van der Waals surface area contributed by atoms with Gasteiger partial charge in [0.2, 0.25) is 17.7 Å². The number of aromatic amines is 2. The highest BCUT2D eigenvalue weighted by atomic mass is 16.3. The summed E-state index contributed by atoms with van der Waals surface area (Å²) >= 11 is 0. The highest BCUT2D eigenvalue weighted by molar-refractivity contribution is 5.94. The maximum Gasteiger partial charge on any atom is 0.256 e. The van der Waals surface area contributed by atoms with Crippen molar-refractivity contribution in [1.29, 1.82) is 0 Å². The number of carbonyl (C=O) groups is 1. The topological polar surface area (TPSA) is 137 Å². The quantitative estimate of drug-likeness (QED) is 0.476. The molecule has 0 saturated carbocycles. The molecule has 0 radical (unpaired) electrons. The first-order valence-electron chi connectivity index (χ1n) is 6.94. The van der Waals surface area contributed by atoms with Crippen LogP contribution in [0.1, 0.15) is 5.56 Å². The van der Waals surface area contributed by atoms with Crippen molar-refractivity contribution in [2.45, 2.75) is 12.5 Å². The van der Waals surface area contributed by atoms with Crippen molar-refractivity contribution >= 4 is 22.8 Å². The van der Waals surface area contributed by atoms with Crippen molar-refractivity contribution in [3.8, 4) is 5.88 Å². The van der Waals surface area contributed by atoms with Crippen molar-refractivity contribution in [2.75, 3.05) is 5.32 Å². The summed E-state index contributed by atoms with van der Waals surface area (Å²) in [6, 6.07) is 7.78. The SMILES string of the molecule is N[C@@H](Cc1c[nH]c2ccccc12)C(=O)Nc1nc(O)cc(=O)[nH]1. The van der Waals surface area contributed by atoms with E-state index in [1.54, 1.807) is 0 Å².